The van der Waals surface area contributed by atoms with E-state index in [-0.39, 0.29) is 0 Å². The standard InChI is InChI=1S/C15H27NO4/c1-4-5-6-7-8-9-15(13(19)20)11-10-14(2,12(17)18)16(15)3/h4-11H2,1-3H3,(H,17,18)(H,19,20). The van der Waals surface area contributed by atoms with Crippen molar-refractivity contribution in [1.29, 1.82) is 0 Å². The molecule has 1 rings (SSSR count). The summed E-state index contributed by atoms with van der Waals surface area (Å²) in [5, 5.41) is 19.0. The van der Waals surface area contributed by atoms with Gasteiger partial charge in [-0.1, -0.05) is 39.0 Å². The predicted octanol–water partition coefficient (Wildman–Crippen LogP) is 2.74. The van der Waals surface area contributed by atoms with Crippen LogP contribution < -0.4 is 0 Å². The largest absolute Gasteiger partial charge is 0.480 e. The molecular formula is C15H27NO4. The van der Waals surface area contributed by atoms with Crippen molar-refractivity contribution in [3.05, 3.63) is 0 Å². The Morgan fingerprint density at radius 1 is 1.05 bits per heavy atom. The molecule has 1 aliphatic heterocycles. The molecule has 1 heterocycles. The monoisotopic (exact) mass is 285 g/mol. The van der Waals surface area contributed by atoms with Crippen LogP contribution in [-0.2, 0) is 9.59 Å². The first kappa shape index (κ1) is 17.0. The first-order valence-electron chi connectivity index (χ1n) is 7.52. The van der Waals surface area contributed by atoms with Gasteiger partial charge in [0.15, 0.2) is 0 Å². The van der Waals surface area contributed by atoms with Gasteiger partial charge < -0.3 is 10.2 Å². The van der Waals surface area contributed by atoms with Crippen LogP contribution in [0.1, 0.15) is 65.2 Å². The smallest absolute Gasteiger partial charge is 0.324 e. The molecule has 1 saturated heterocycles. The molecule has 0 aromatic carbocycles. The van der Waals surface area contributed by atoms with E-state index < -0.39 is 23.0 Å². The fourth-order valence-corrected chi connectivity index (χ4v) is 3.18. The zero-order valence-electron chi connectivity index (χ0n) is 12.8. The Hall–Kier alpha value is -1.10. The number of rotatable bonds is 8. The van der Waals surface area contributed by atoms with E-state index in [4.69, 9.17) is 0 Å². The van der Waals surface area contributed by atoms with Crippen molar-refractivity contribution in [2.75, 3.05) is 7.05 Å². The van der Waals surface area contributed by atoms with Gasteiger partial charge in [0.2, 0.25) is 0 Å². The first-order valence-corrected chi connectivity index (χ1v) is 7.52. The Kier molecular flexibility index (Phi) is 5.57. The number of carboxylic acid groups (broad SMARTS) is 2. The summed E-state index contributed by atoms with van der Waals surface area (Å²) in [7, 11) is 1.64. The zero-order valence-corrected chi connectivity index (χ0v) is 12.8. The van der Waals surface area contributed by atoms with Crippen molar-refractivity contribution < 1.29 is 19.8 Å². The van der Waals surface area contributed by atoms with E-state index in [0.717, 1.165) is 25.7 Å². The average Bonchev–Trinajstić information content (AvgIpc) is 2.65. The molecule has 0 spiro atoms. The molecule has 0 saturated carbocycles. The predicted molar refractivity (Wildman–Crippen MR) is 76.8 cm³/mol. The minimum atomic E-state index is -1.07. The lowest BCUT2D eigenvalue weighted by molar-refractivity contribution is -0.158. The second-order valence-electron chi connectivity index (χ2n) is 6.14. The second-order valence-corrected chi connectivity index (χ2v) is 6.14. The number of likely N-dealkylation sites (N-methyl/N-ethyl adjacent to an activating group) is 1. The minimum Gasteiger partial charge on any atom is -0.480 e. The molecule has 0 aromatic rings. The fourth-order valence-electron chi connectivity index (χ4n) is 3.18. The van der Waals surface area contributed by atoms with Gasteiger partial charge in [-0.2, -0.15) is 0 Å². The van der Waals surface area contributed by atoms with E-state index in [0.29, 0.717) is 19.3 Å². The number of carboxylic acids is 2. The highest BCUT2D eigenvalue weighted by Crippen LogP contribution is 2.43. The maximum absolute atomic E-state index is 11.7. The number of likely N-dealkylation sites (tertiary alicyclic amines) is 1. The maximum Gasteiger partial charge on any atom is 0.324 e. The van der Waals surface area contributed by atoms with Crippen molar-refractivity contribution in [2.45, 2.75) is 76.3 Å². The molecule has 1 fully saturated rings. The molecule has 2 N–H and O–H groups in total. The lowest BCUT2D eigenvalue weighted by Crippen LogP contribution is -2.57. The average molecular weight is 285 g/mol. The van der Waals surface area contributed by atoms with E-state index in [1.807, 2.05) is 0 Å². The van der Waals surface area contributed by atoms with Crippen molar-refractivity contribution in [1.82, 2.24) is 4.90 Å². The fraction of sp³-hybridized carbons (Fsp3) is 0.867. The summed E-state index contributed by atoms with van der Waals surface area (Å²) in [6, 6.07) is 0. The van der Waals surface area contributed by atoms with E-state index in [9.17, 15) is 19.8 Å². The van der Waals surface area contributed by atoms with Gasteiger partial charge in [-0.25, -0.2) is 0 Å². The summed E-state index contributed by atoms with van der Waals surface area (Å²) in [4.78, 5) is 24.7. The van der Waals surface area contributed by atoms with E-state index in [1.165, 1.54) is 6.42 Å². The summed E-state index contributed by atoms with van der Waals surface area (Å²) >= 11 is 0. The Balaban J connectivity index is 2.74. The van der Waals surface area contributed by atoms with E-state index in [1.54, 1.807) is 18.9 Å². The third kappa shape index (κ3) is 2.97. The van der Waals surface area contributed by atoms with Gasteiger partial charge in [-0.05, 0) is 33.2 Å². The lowest BCUT2D eigenvalue weighted by atomic mass is 9.89. The molecule has 0 amide bonds. The zero-order chi connectivity index (χ0) is 15.4. The number of hydrogen-bond donors (Lipinski definition) is 2. The van der Waals surface area contributed by atoms with Crippen LogP contribution in [0.5, 0.6) is 0 Å². The molecule has 5 nitrogen and oxygen atoms in total. The van der Waals surface area contributed by atoms with Gasteiger partial charge in [-0.15, -0.1) is 0 Å². The Morgan fingerprint density at radius 3 is 2.10 bits per heavy atom. The molecular weight excluding hydrogens is 258 g/mol. The Morgan fingerprint density at radius 2 is 1.65 bits per heavy atom. The molecule has 5 heteroatoms. The van der Waals surface area contributed by atoms with Gasteiger partial charge in [-0.3, -0.25) is 14.5 Å². The van der Waals surface area contributed by atoms with Crippen LogP contribution in [0.3, 0.4) is 0 Å². The second kappa shape index (κ2) is 6.57. The summed E-state index contributed by atoms with van der Waals surface area (Å²) < 4.78 is 0. The summed E-state index contributed by atoms with van der Waals surface area (Å²) in [5.41, 5.74) is -2.08. The van der Waals surface area contributed by atoms with Crippen LogP contribution >= 0.6 is 0 Å². The van der Waals surface area contributed by atoms with Crippen LogP contribution in [-0.4, -0.2) is 45.2 Å². The van der Waals surface area contributed by atoms with Crippen LogP contribution in [0.4, 0.5) is 0 Å². The van der Waals surface area contributed by atoms with Crippen LogP contribution in [0.2, 0.25) is 0 Å². The molecule has 2 atom stereocenters. The molecule has 0 aromatic heterocycles. The number of unbranched alkanes of at least 4 members (excludes halogenated alkanes) is 4. The topological polar surface area (TPSA) is 77.8 Å². The number of carbonyl (C=O) groups is 2. The molecule has 2 unspecified atom stereocenters. The Labute approximate surface area is 121 Å². The van der Waals surface area contributed by atoms with Gasteiger partial charge in [0, 0.05) is 0 Å². The number of hydrogen-bond acceptors (Lipinski definition) is 3. The molecule has 0 aliphatic carbocycles. The highest BCUT2D eigenvalue weighted by atomic mass is 16.4. The molecule has 20 heavy (non-hydrogen) atoms. The Bertz CT molecular complexity index is 371. The number of nitrogens with zero attached hydrogens (tertiary/aromatic N) is 1. The lowest BCUT2D eigenvalue weighted by Gasteiger charge is -2.38. The third-order valence-electron chi connectivity index (χ3n) is 4.96. The van der Waals surface area contributed by atoms with Crippen LogP contribution in [0, 0.1) is 0 Å². The maximum atomic E-state index is 11.7. The summed E-state index contributed by atoms with van der Waals surface area (Å²) in [6.07, 6.45) is 6.63. The van der Waals surface area contributed by atoms with Gasteiger partial charge in [0.05, 0.1) is 0 Å². The molecule has 0 bridgehead atoms. The molecule has 0 radical (unpaired) electrons. The SMILES string of the molecule is CCCCCCCC1(C(=O)O)CCC(C)(C(=O)O)N1C. The van der Waals surface area contributed by atoms with Gasteiger partial charge in [0.1, 0.15) is 11.1 Å². The quantitative estimate of drug-likeness (QED) is 0.670. The summed E-state index contributed by atoms with van der Waals surface area (Å²) in [6.45, 7) is 3.76. The van der Waals surface area contributed by atoms with Crippen molar-refractivity contribution in [2.24, 2.45) is 0 Å². The van der Waals surface area contributed by atoms with E-state index in [2.05, 4.69) is 6.92 Å². The molecule has 116 valence electrons. The first-order chi connectivity index (χ1) is 9.31. The highest BCUT2D eigenvalue weighted by Gasteiger charge is 2.58. The van der Waals surface area contributed by atoms with Crippen molar-refractivity contribution in [3.8, 4) is 0 Å². The highest BCUT2D eigenvalue weighted by molar-refractivity contribution is 5.85. The van der Waals surface area contributed by atoms with E-state index >= 15 is 0 Å². The van der Waals surface area contributed by atoms with Crippen LogP contribution in [0.15, 0.2) is 0 Å². The number of aliphatic carboxylic acids is 2. The van der Waals surface area contributed by atoms with Crippen LogP contribution in [0.25, 0.3) is 0 Å². The molecule has 1 aliphatic rings. The van der Waals surface area contributed by atoms with Crippen molar-refractivity contribution in [3.63, 3.8) is 0 Å². The summed E-state index contributed by atoms with van der Waals surface area (Å²) in [5.74, 6) is -1.82. The van der Waals surface area contributed by atoms with Gasteiger partial charge >= 0.3 is 11.9 Å². The van der Waals surface area contributed by atoms with Crippen molar-refractivity contribution >= 4 is 11.9 Å². The third-order valence-corrected chi connectivity index (χ3v) is 4.96. The minimum absolute atomic E-state index is 0.389. The van der Waals surface area contributed by atoms with Gasteiger partial charge in [0.25, 0.3) is 0 Å². The normalized spacial score (nSPS) is 30.6.